The summed E-state index contributed by atoms with van der Waals surface area (Å²) in [5.74, 6) is -2.22. The van der Waals surface area contributed by atoms with Crippen molar-refractivity contribution >= 4 is 11.9 Å². The highest BCUT2D eigenvalue weighted by Crippen LogP contribution is 2.28. The fourth-order valence-electron chi connectivity index (χ4n) is 1.59. The highest BCUT2D eigenvalue weighted by molar-refractivity contribution is 5.72. The predicted molar refractivity (Wildman–Crippen MR) is 56.6 cm³/mol. The van der Waals surface area contributed by atoms with E-state index in [-0.39, 0.29) is 11.8 Å². The van der Waals surface area contributed by atoms with Crippen molar-refractivity contribution in [3.05, 3.63) is 12.7 Å². The van der Waals surface area contributed by atoms with E-state index in [1.54, 1.807) is 6.08 Å². The number of allylic oxidation sites excluding steroid dienone is 1. The molecule has 0 aromatic rings. The minimum absolute atomic E-state index is 0.319. The number of carboxylic acid groups (broad SMARTS) is 2. The summed E-state index contributed by atoms with van der Waals surface area (Å²) in [6, 6.07) is 0. The summed E-state index contributed by atoms with van der Waals surface area (Å²) >= 11 is 0. The minimum Gasteiger partial charge on any atom is -0.481 e. The molecule has 1 fully saturated rings. The molecule has 0 amide bonds. The van der Waals surface area contributed by atoms with Gasteiger partial charge in [-0.2, -0.15) is 0 Å². The zero-order valence-corrected chi connectivity index (χ0v) is 8.98. The van der Waals surface area contributed by atoms with Gasteiger partial charge in [-0.1, -0.05) is 6.08 Å². The smallest absolute Gasteiger partial charge is 0.306 e. The van der Waals surface area contributed by atoms with Crippen LogP contribution in [0.5, 0.6) is 0 Å². The van der Waals surface area contributed by atoms with Crippen molar-refractivity contribution < 1.29 is 19.8 Å². The molecule has 0 aliphatic heterocycles. The van der Waals surface area contributed by atoms with E-state index in [9.17, 15) is 9.59 Å². The summed E-state index contributed by atoms with van der Waals surface area (Å²) in [5, 5.41) is 17.2. The first kappa shape index (κ1) is 13.7. The fraction of sp³-hybridized carbons (Fsp3) is 0.636. The average molecular weight is 214 g/mol. The molecule has 0 bridgehead atoms. The SMILES string of the molecule is C=CC.O=C(O)C1CCC(C(=O)O)CC1. The van der Waals surface area contributed by atoms with E-state index in [0.717, 1.165) is 0 Å². The predicted octanol–water partition coefficient (Wildman–Crippen LogP) is 2.15. The molecule has 4 nitrogen and oxygen atoms in total. The molecule has 1 aliphatic rings. The lowest BCUT2D eigenvalue weighted by Gasteiger charge is -2.22. The van der Waals surface area contributed by atoms with Crippen LogP contribution in [0.3, 0.4) is 0 Å². The van der Waals surface area contributed by atoms with Crippen molar-refractivity contribution in [2.45, 2.75) is 32.6 Å². The molecule has 1 aliphatic carbocycles. The third-order valence-electron chi connectivity index (χ3n) is 2.43. The van der Waals surface area contributed by atoms with E-state index < -0.39 is 11.9 Å². The van der Waals surface area contributed by atoms with E-state index >= 15 is 0 Å². The zero-order valence-electron chi connectivity index (χ0n) is 8.98. The van der Waals surface area contributed by atoms with Crippen molar-refractivity contribution in [2.75, 3.05) is 0 Å². The third-order valence-corrected chi connectivity index (χ3v) is 2.43. The van der Waals surface area contributed by atoms with Gasteiger partial charge in [-0.3, -0.25) is 9.59 Å². The largest absolute Gasteiger partial charge is 0.481 e. The van der Waals surface area contributed by atoms with Crippen LogP contribution in [-0.4, -0.2) is 22.2 Å². The summed E-state index contributed by atoms with van der Waals surface area (Å²) in [6.45, 7) is 5.25. The maximum atomic E-state index is 10.5. The van der Waals surface area contributed by atoms with Crippen LogP contribution in [0.1, 0.15) is 32.6 Å². The highest BCUT2D eigenvalue weighted by Gasteiger charge is 2.29. The lowest BCUT2D eigenvalue weighted by Crippen LogP contribution is -2.25. The minimum atomic E-state index is -0.793. The van der Waals surface area contributed by atoms with Crippen molar-refractivity contribution in [3.63, 3.8) is 0 Å². The second kappa shape index (κ2) is 7.04. The van der Waals surface area contributed by atoms with Gasteiger partial charge >= 0.3 is 11.9 Å². The first-order valence-corrected chi connectivity index (χ1v) is 5.05. The summed E-state index contributed by atoms with van der Waals surface area (Å²) in [7, 11) is 0. The Bertz CT molecular complexity index is 205. The molecule has 0 aromatic carbocycles. The Kier molecular flexibility index (Phi) is 6.42. The van der Waals surface area contributed by atoms with Crippen LogP contribution in [0.2, 0.25) is 0 Å². The number of hydrogen-bond acceptors (Lipinski definition) is 2. The van der Waals surface area contributed by atoms with Gasteiger partial charge < -0.3 is 10.2 Å². The fourth-order valence-corrected chi connectivity index (χ4v) is 1.59. The summed E-state index contributed by atoms with van der Waals surface area (Å²) in [4.78, 5) is 21.0. The zero-order chi connectivity index (χ0) is 11.8. The molecule has 15 heavy (non-hydrogen) atoms. The van der Waals surface area contributed by atoms with Gasteiger partial charge in [0.1, 0.15) is 0 Å². The summed E-state index contributed by atoms with van der Waals surface area (Å²) in [5.41, 5.74) is 0. The van der Waals surface area contributed by atoms with Gasteiger partial charge in [0.25, 0.3) is 0 Å². The topological polar surface area (TPSA) is 74.6 Å². The third kappa shape index (κ3) is 5.20. The molecule has 1 saturated carbocycles. The molecule has 0 radical (unpaired) electrons. The molecule has 0 heterocycles. The average Bonchev–Trinajstić information content (AvgIpc) is 2.19. The normalized spacial score (nSPS) is 24.6. The lowest BCUT2D eigenvalue weighted by atomic mass is 9.82. The maximum absolute atomic E-state index is 10.5. The van der Waals surface area contributed by atoms with Crippen molar-refractivity contribution in [3.8, 4) is 0 Å². The summed E-state index contributed by atoms with van der Waals surface area (Å²) < 4.78 is 0. The molecule has 0 atom stereocenters. The quantitative estimate of drug-likeness (QED) is 0.691. The van der Waals surface area contributed by atoms with Gasteiger partial charge in [0, 0.05) is 0 Å². The van der Waals surface area contributed by atoms with Crippen LogP contribution in [0.15, 0.2) is 12.7 Å². The number of carbonyl (C=O) groups is 2. The molecule has 0 spiro atoms. The van der Waals surface area contributed by atoms with Crippen molar-refractivity contribution in [1.29, 1.82) is 0 Å². The van der Waals surface area contributed by atoms with Gasteiger partial charge in [-0.05, 0) is 32.6 Å². The van der Waals surface area contributed by atoms with Crippen molar-refractivity contribution in [2.24, 2.45) is 11.8 Å². The highest BCUT2D eigenvalue weighted by atomic mass is 16.4. The molecule has 4 heteroatoms. The van der Waals surface area contributed by atoms with Gasteiger partial charge in [-0.25, -0.2) is 0 Å². The molecule has 0 unspecified atom stereocenters. The molecule has 1 rings (SSSR count). The Morgan fingerprint density at radius 2 is 1.27 bits per heavy atom. The van der Waals surface area contributed by atoms with Crippen LogP contribution >= 0.6 is 0 Å². The number of carboxylic acids is 2. The van der Waals surface area contributed by atoms with Crippen LogP contribution in [0.4, 0.5) is 0 Å². The van der Waals surface area contributed by atoms with E-state index in [0.29, 0.717) is 25.7 Å². The lowest BCUT2D eigenvalue weighted by molar-refractivity contribution is -0.148. The molecule has 2 N–H and O–H groups in total. The Morgan fingerprint density at radius 3 is 1.40 bits per heavy atom. The van der Waals surface area contributed by atoms with Crippen LogP contribution in [0, 0.1) is 11.8 Å². The molecular weight excluding hydrogens is 196 g/mol. The summed E-state index contributed by atoms with van der Waals surface area (Å²) in [6.07, 6.45) is 3.78. The Balaban J connectivity index is 0.000000583. The van der Waals surface area contributed by atoms with Crippen molar-refractivity contribution in [1.82, 2.24) is 0 Å². The Labute approximate surface area is 89.6 Å². The Morgan fingerprint density at radius 1 is 1.07 bits per heavy atom. The molecule has 86 valence electrons. The van der Waals surface area contributed by atoms with Crippen LogP contribution in [0.25, 0.3) is 0 Å². The van der Waals surface area contributed by atoms with E-state index in [4.69, 9.17) is 10.2 Å². The van der Waals surface area contributed by atoms with E-state index in [2.05, 4.69) is 6.58 Å². The second-order valence-corrected chi connectivity index (χ2v) is 3.63. The first-order chi connectivity index (χ1) is 7.02. The van der Waals surface area contributed by atoms with Gasteiger partial charge in [-0.15, -0.1) is 6.58 Å². The van der Waals surface area contributed by atoms with Crippen LogP contribution < -0.4 is 0 Å². The number of rotatable bonds is 2. The van der Waals surface area contributed by atoms with E-state index in [1.807, 2.05) is 6.92 Å². The van der Waals surface area contributed by atoms with E-state index in [1.165, 1.54) is 0 Å². The standard InChI is InChI=1S/C8H12O4.C3H6/c9-7(10)5-1-2-6(4-3-5)8(11)12;1-3-2/h5-6H,1-4H2,(H,9,10)(H,11,12);3H,1H2,2H3. The molecule has 0 saturated heterocycles. The maximum Gasteiger partial charge on any atom is 0.306 e. The van der Waals surface area contributed by atoms with Gasteiger partial charge in [0.05, 0.1) is 11.8 Å². The van der Waals surface area contributed by atoms with Crippen LogP contribution in [-0.2, 0) is 9.59 Å². The van der Waals surface area contributed by atoms with Gasteiger partial charge in [0.15, 0.2) is 0 Å². The Hall–Kier alpha value is -1.32. The van der Waals surface area contributed by atoms with Gasteiger partial charge in [0.2, 0.25) is 0 Å². The molecule has 0 aromatic heterocycles. The number of aliphatic carboxylic acids is 2. The second-order valence-electron chi connectivity index (χ2n) is 3.63. The molecular formula is C11H18O4. The number of hydrogen-bond donors (Lipinski definition) is 2. The monoisotopic (exact) mass is 214 g/mol. The first-order valence-electron chi connectivity index (χ1n) is 5.05.